The van der Waals surface area contributed by atoms with Gasteiger partial charge in [0.05, 0.1) is 13.0 Å². The van der Waals surface area contributed by atoms with E-state index in [1.54, 1.807) is 0 Å². The molecule has 1 aromatic carbocycles. The topological polar surface area (TPSA) is 60.8 Å². The number of hydrogen-bond donors (Lipinski definition) is 2. The van der Waals surface area contributed by atoms with E-state index < -0.39 is 5.97 Å². The molecule has 0 amide bonds. The largest absolute Gasteiger partial charge is 0.481 e. The molecule has 1 aliphatic heterocycles. The lowest BCUT2D eigenvalue weighted by Crippen LogP contribution is -2.44. The Hall–Kier alpha value is -1.65. The number of nitrogens with zero attached hydrogens (tertiary/aromatic N) is 1. The van der Waals surface area contributed by atoms with Crippen molar-refractivity contribution in [1.29, 1.82) is 0 Å². The zero-order valence-corrected chi connectivity index (χ0v) is 13.0. The van der Waals surface area contributed by atoms with Crippen LogP contribution < -0.4 is 0 Å². The third-order valence-corrected chi connectivity index (χ3v) is 4.44. The van der Waals surface area contributed by atoms with E-state index in [2.05, 4.69) is 11.5 Å². The van der Waals surface area contributed by atoms with E-state index in [0.29, 0.717) is 0 Å². The van der Waals surface area contributed by atoms with Gasteiger partial charge in [-0.1, -0.05) is 30.3 Å². The van der Waals surface area contributed by atoms with Crippen LogP contribution in [0.15, 0.2) is 36.9 Å². The molecule has 1 saturated heterocycles. The van der Waals surface area contributed by atoms with Crippen LogP contribution in [0.3, 0.4) is 0 Å². The van der Waals surface area contributed by atoms with Crippen molar-refractivity contribution in [1.82, 2.24) is 4.90 Å². The number of carboxylic acids is 1. The number of allylic oxidation sites excluding steroid dienone is 1. The first kappa shape index (κ1) is 16.7. The average molecular weight is 303 g/mol. The predicted octanol–water partition coefficient (Wildman–Crippen LogP) is 2.46. The summed E-state index contributed by atoms with van der Waals surface area (Å²) in [7, 11) is 0. The summed E-state index contributed by atoms with van der Waals surface area (Å²) < 4.78 is 0. The number of aliphatic carboxylic acids is 1. The number of carbonyl (C=O) groups is 1. The molecule has 0 saturated carbocycles. The van der Waals surface area contributed by atoms with Crippen molar-refractivity contribution in [3.8, 4) is 0 Å². The minimum absolute atomic E-state index is 0.0523. The first-order valence-corrected chi connectivity index (χ1v) is 7.81. The van der Waals surface area contributed by atoms with Gasteiger partial charge in [0.15, 0.2) is 0 Å². The van der Waals surface area contributed by atoms with Gasteiger partial charge in [0.2, 0.25) is 0 Å². The number of aliphatic hydroxyl groups is 1. The van der Waals surface area contributed by atoms with Crippen molar-refractivity contribution in [2.24, 2.45) is 5.41 Å². The summed E-state index contributed by atoms with van der Waals surface area (Å²) >= 11 is 0. The molecular formula is C18H25NO3. The highest BCUT2D eigenvalue weighted by Crippen LogP contribution is 2.33. The van der Waals surface area contributed by atoms with E-state index in [0.717, 1.165) is 44.5 Å². The fourth-order valence-electron chi connectivity index (χ4n) is 3.31. The van der Waals surface area contributed by atoms with Gasteiger partial charge in [-0.15, -0.1) is 6.58 Å². The van der Waals surface area contributed by atoms with Gasteiger partial charge in [0, 0.05) is 18.5 Å². The summed E-state index contributed by atoms with van der Waals surface area (Å²) in [5.74, 6) is -0.805. The molecular weight excluding hydrogens is 278 g/mol. The minimum Gasteiger partial charge on any atom is -0.481 e. The zero-order valence-electron chi connectivity index (χ0n) is 13.0. The molecule has 0 aliphatic carbocycles. The fourth-order valence-corrected chi connectivity index (χ4v) is 3.31. The maximum absolute atomic E-state index is 10.7. The van der Waals surface area contributed by atoms with Gasteiger partial charge in [-0.25, -0.2) is 0 Å². The van der Waals surface area contributed by atoms with Crippen LogP contribution in [0.25, 0.3) is 0 Å². The summed E-state index contributed by atoms with van der Waals surface area (Å²) in [6.45, 7) is 6.77. The Kier molecular flexibility index (Phi) is 5.75. The smallest absolute Gasteiger partial charge is 0.307 e. The molecule has 0 bridgehead atoms. The molecule has 0 aromatic heterocycles. The lowest BCUT2D eigenvalue weighted by molar-refractivity contribution is -0.136. The van der Waals surface area contributed by atoms with Crippen molar-refractivity contribution in [3.63, 3.8) is 0 Å². The number of piperidine rings is 1. The Bertz CT molecular complexity index is 512. The number of benzene rings is 1. The highest BCUT2D eigenvalue weighted by atomic mass is 16.4. The van der Waals surface area contributed by atoms with E-state index >= 15 is 0 Å². The van der Waals surface area contributed by atoms with Crippen molar-refractivity contribution < 1.29 is 15.0 Å². The Morgan fingerprint density at radius 3 is 2.59 bits per heavy atom. The Morgan fingerprint density at radius 2 is 2.00 bits per heavy atom. The normalized spacial score (nSPS) is 22.4. The zero-order chi connectivity index (χ0) is 16.0. The average Bonchev–Trinajstić information content (AvgIpc) is 2.49. The van der Waals surface area contributed by atoms with Crippen LogP contribution in [0.5, 0.6) is 0 Å². The third kappa shape index (κ3) is 4.42. The predicted molar refractivity (Wildman–Crippen MR) is 86.6 cm³/mol. The molecule has 0 radical (unpaired) electrons. The van der Waals surface area contributed by atoms with Gasteiger partial charge >= 0.3 is 5.97 Å². The minimum atomic E-state index is -0.805. The molecule has 2 rings (SSSR count). The maximum atomic E-state index is 10.7. The number of aliphatic hydroxyl groups excluding tert-OH is 1. The molecule has 1 aromatic rings. The van der Waals surface area contributed by atoms with Crippen LogP contribution in [0.4, 0.5) is 0 Å². The quantitative estimate of drug-likeness (QED) is 0.760. The standard InChI is InChI=1S/C18H25NO3/c1-2-8-18(14-20)9-3-10-19(13-18)12-16-6-4-15(5-7-16)11-17(21)22/h2,4-7,20H,1,3,8-14H2,(H,21,22)/t18-/m1/s1. The van der Waals surface area contributed by atoms with E-state index in [9.17, 15) is 9.90 Å². The number of likely N-dealkylation sites (tertiary alicyclic amines) is 1. The highest BCUT2D eigenvalue weighted by Gasteiger charge is 2.33. The van der Waals surface area contributed by atoms with Crippen molar-refractivity contribution in [3.05, 3.63) is 48.0 Å². The van der Waals surface area contributed by atoms with E-state index in [4.69, 9.17) is 5.11 Å². The molecule has 2 N–H and O–H groups in total. The molecule has 1 heterocycles. The summed E-state index contributed by atoms with van der Waals surface area (Å²) in [4.78, 5) is 13.1. The number of hydrogen-bond acceptors (Lipinski definition) is 3. The Morgan fingerprint density at radius 1 is 1.32 bits per heavy atom. The second-order valence-electron chi connectivity index (χ2n) is 6.35. The first-order chi connectivity index (χ1) is 10.6. The second kappa shape index (κ2) is 7.56. The molecule has 22 heavy (non-hydrogen) atoms. The molecule has 4 nitrogen and oxygen atoms in total. The van der Waals surface area contributed by atoms with Crippen LogP contribution in [0, 0.1) is 5.41 Å². The lowest BCUT2D eigenvalue weighted by Gasteiger charge is -2.41. The third-order valence-electron chi connectivity index (χ3n) is 4.44. The van der Waals surface area contributed by atoms with Crippen LogP contribution in [-0.2, 0) is 17.8 Å². The van der Waals surface area contributed by atoms with Crippen molar-refractivity contribution in [2.45, 2.75) is 32.2 Å². The molecule has 1 aliphatic rings. The van der Waals surface area contributed by atoms with Gasteiger partial charge in [-0.2, -0.15) is 0 Å². The summed E-state index contributed by atoms with van der Waals surface area (Å²) in [6.07, 6.45) is 4.95. The monoisotopic (exact) mass is 303 g/mol. The first-order valence-electron chi connectivity index (χ1n) is 7.81. The van der Waals surface area contributed by atoms with Gasteiger partial charge in [0.1, 0.15) is 0 Å². The number of carboxylic acid groups (broad SMARTS) is 1. The maximum Gasteiger partial charge on any atom is 0.307 e. The fraction of sp³-hybridized carbons (Fsp3) is 0.500. The number of rotatable bonds is 7. The molecule has 1 fully saturated rings. The Balaban J connectivity index is 1.97. The van der Waals surface area contributed by atoms with Gasteiger partial charge in [-0.05, 0) is 36.9 Å². The van der Waals surface area contributed by atoms with Crippen molar-refractivity contribution in [2.75, 3.05) is 19.7 Å². The van der Waals surface area contributed by atoms with Gasteiger partial charge in [0.25, 0.3) is 0 Å². The van der Waals surface area contributed by atoms with Crippen LogP contribution in [-0.4, -0.2) is 40.8 Å². The summed E-state index contributed by atoms with van der Waals surface area (Å²) in [5.41, 5.74) is 1.95. The highest BCUT2D eigenvalue weighted by molar-refractivity contribution is 5.70. The molecule has 120 valence electrons. The van der Waals surface area contributed by atoms with E-state index in [-0.39, 0.29) is 18.4 Å². The summed E-state index contributed by atoms with van der Waals surface area (Å²) in [6, 6.07) is 7.77. The molecule has 4 heteroatoms. The lowest BCUT2D eigenvalue weighted by atomic mass is 9.78. The van der Waals surface area contributed by atoms with Gasteiger partial charge < -0.3 is 10.2 Å². The van der Waals surface area contributed by atoms with Crippen LogP contribution in [0.2, 0.25) is 0 Å². The van der Waals surface area contributed by atoms with Gasteiger partial charge in [-0.3, -0.25) is 9.69 Å². The van der Waals surface area contributed by atoms with Crippen LogP contribution >= 0.6 is 0 Å². The Labute approximate surface area is 132 Å². The summed E-state index contributed by atoms with van der Waals surface area (Å²) in [5, 5.41) is 18.5. The molecule has 0 spiro atoms. The van der Waals surface area contributed by atoms with E-state index in [1.165, 1.54) is 5.56 Å². The molecule has 1 atom stereocenters. The molecule has 0 unspecified atom stereocenters. The van der Waals surface area contributed by atoms with E-state index in [1.807, 2.05) is 30.3 Å². The SMILES string of the molecule is C=CC[C@@]1(CO)CCCN(Cc2ccc(CC(=O)O)cc2)C1. The van der Waals surface area contributed by atoms with Crippen molar-refractivity contribution >= 4 is 5.97 Å². The van der Waals surface area contributed by atoms with Crippen LogP contribution in [0.1, 0.15) is 30.4 Å². The second-order valence-corrected chi connectivity index (χ2v) is 6.35.